The predicted molar refractivity (Wildman–Crippen MR) is 62.6 cm³/mol. The number of rotatable bonds is 3. The van der Waals surface area contributed by atoms with Crippen LogP contribution in [0, 0.1) is 0 Å². The molecule has 4 nitrogen and oxygen atoms in total. The van der Waals surface area contributed by atoms with E-state index < -0.39 is 55.9 Å². The minimum atomic E-state index is -4.69. The predicted octanol–water partition coefficient (Wildman–Crippen LogP) is 2.32. The number of fused-ring (bicyclic) bond motifs is 1. The first kappa shape index (κ1) is 16.4. The summed E-state index contributed by atoms with van der Waals surface area (Å²) in [6, 6.07) is 0. The third-order valence-corrected chi connectivity index (χ3v) is 5.77. The molecule has 0 unspecified atom stereocenters. The van der Waals surface area contributed by atoms with Crippen LogP contribution in [0.2, 0.25) is 0 Å². The molecule has 1 aromatic rings. The van der Waals surface area contributed by atoms with Crippen LogP contribution < -0.4 is 4.74 Å². The van der Waals surface area contributed by atoms with E-state index in [9.17, 15) is 35.5 Å². The highest BCUT2D eigenvalue weighted by Crippen LogP contribution is 2.53. The van der Waals surface area contributed by atoms with E-state index in [1.807, 2.05) is 0 Å². The third kappa shape index (κ3) is 3.14. The van der Waals surface area contributed by atoms with E-state index >= 15 is 0 Å². The highest BCUT2D eigenvalue weighted by Gasteiger charge is 2.52. The summed E-state index contributed by atoms with van der Waals surface area (Å²) in [6.45, 7) is -1.73. The lowest BCUT2D eigenvalue weighted by molar-refractivity contribution is -0.153. The Kier molecular flexibility index (Phi) is 3.74. The van der Waals surface area contributed by atoms with Gasteiger partial charge in [0.1, 0.15) is 10.3 Å². The highest BCUT2D eigenvalue weighted by molar-refractivity contribution is 7.92. The Hall–Kier alpha value is -0.940. The number of hydrogen-bond acceptors (Lipinski definition) is 5. The Labute approximate surface area is 120 Å². The molecule has 11 heteroatoms. The van der Waals surface area contributed by atoms with Gasteiger partial charge in [-0.15, -0.1) is 0 Å². The standard InChI is InChI=1S/C10H9F5O4S2/c1-21(17,18)8-5-4(2-9(11,12)6(5)16)7(20-8)19-3-10(13,14)15/h6,16H,2-3H2,1H3/t6-/m0/s1. The molecule has 0 fully saturated rings. The van der Waals surface area contributed by atoms with Crippen molar-refractivity contribution in [3.63, 3.8) is 0 Å². The van der Waals surface area contributed by atoms with Crippen LogP contribution in [0.5, 0.6) is 5.06 Å². The topological polar surface area (TPSA) is 63.6 Å². The zero-order valence-electron chi connectivity index (χ0n) is 10.4. The van der Waals surface area contributed by atoms with E-state index in [4.69, 9.17) is 0 Å². The number of ether oxygens (including phenoxy) is 1. The second-order valence-electron chi connectivity index (χ2n) is 4.59. The zero-order chi connectivity index (χ0) is 16.2. The number of hydrogen-bond donors (Lipinski definition) is 1. The van der Waals surface area contributed by atoms with Crippen molar-refractivity contribution in [3.8, 4) is 5.06 Å². The zero-order valence-corrected chi connectivity index (χ0v) is 12.0. The molecule has 0 saturated carbocycles. The van der Waals surface area contributed by atoms with E-state index in [0.717, 1.165) is 6.26 Å². The van der Waals surface area contributed by atoms with Crippen LogP contribution in [-0.2, 0) is 16.3 Å². The van der Waals surface area contributed by atoms with E-state index in [1.165, 1.54) is 0 Å². The number of alkyl halides is 5. The summed E-state index contributed by atoms with van der Waals surface area (Å²) < 4.78 is 90.2. The molecule has 120 valence electrons. The molecular weight excluding hydrogens is 343 g/mol. The van der Waals surface area contributed by atoms with Gasteiger partial charge in [-0.1, -0.05) is 11.3 Å². The number of thiophene rings is 1. The molecular formula is C10H9F5O4S2. The highest BCUT2D eigenvalue weighted by atomic mass is 32.2. The number of aliphatic hydroxyl groups is 1. The van der Waals surface area contributed by atoms with Crippen LogP contribution in [0.4, 0.5) is 22.0 Å². The van der Waals surface area contributed by atoms with E-state index in [-0.39, 0.29) is 5.56 Å². The smallest absolute Gasteiger partial charge is 0.422 e. The fourth-order valence-corrected chi connectivity index (χ4v) is 4.36. The Bertz CT molecular complexity index is 662. The van der Waals surface area contributed by atoms with Crippen molar-refractivity contribution in [2.24, 2.45) is 0 Å². The lowest BCUT2D eigenvalue weighted by atomic mass is 10.2. The molecule has 1 heterocycles. The number of sulfone groups is 1. The maximum absolute atomic E-state index is 13.5. The van der Waals surface area contributed by atoms with E-state index in [2.05, 4.69) is 4.74 Å². The van der Waals surface area contributed by atoms with Crippen molar-refractivity contribution in [1.29, 1.82) is 0 Å². The maximum Gasteiger partial charge on any atom is 0.422 e. The van der Waals surface area contributed by atoms with Gasteiger partial charge in [-0.2, -0.15) is 13.2 Å². The van der Waals surface area contributed by atoms with Gasteiger partial charge in [0.15, 0.2) is 21.5 Å². The van der Waals surface area contributed by atoms with Crippen molar-refractivity contribution in [1.82, 2.24) is 0 Å². The fourth-order valence-electron chi connectivity index (χ4n) is 1.96. The van der Waals surface area contributed by atoms with Crippen molar-refractivity contribution < 1.29 is 40.2 Å². The van der Waals surface area contributed by atoms with Gasteiger partial charge in [0.25, 0.3) is 5.92 Å². The molecule has 0 saturated heterocycles. The lowest BCUT2D eigenvalue weighted by Gasteiger charge is -2.14. The van der Waals surface area contributed by atoms with E-state index in [0.29, 0.717) is 11.3 Å². The SMILES string of the molecule is CS(=O)(=O)c1sc(OCC(F)(F)F)c2c1[C@H](O)C(F)(F)C2. The van der Waals surface area contributed by atoms with Crippen molar-refractivity contribution in [2.75, 3.05) is 12.9 Å². The number of aliphatic hydroxyl groups excluding tert-OH is 1. The van der Waals surface area contributed by atoms with Crippen molar-refractivity contribution >= 4 is 21.2 Å². The molecule has 2 rings (SSSR count). The summed E-state index contributed by atoms with van der Waals surface area (Å²) in [5.41, 5.74) is -0.952. The van der Waals surface area contributed by atoms with Gasteiger partial charge in [-0.3, -0.25) is 0 Å². The molecule has 0 spiro atoms. The summed E-state index contributed by atoms with van der Waals surface area (Å²) in [5, 5.41) is 8.95. The number of halogens is 5. The molecule has 1 aliphatic rings. The first-order valence-corrected chi connectivity index (χ1v) is 8.15. The summed E-state index contributed by atoms with van der Waals surface area (Å²) in [5.74, 6) is -3.64. The second-order valence-corrected chi connectivity index (χ2v) is 7.78. The molecule has 0 bridgehead atoms. The van der Waals surface area contributed by atoms with E-state index in [1.54, 1.807) is 0 Å². The van der Waals surface area contributed by atoms with Crippen LogP contribution in [0.3, 0.4) is 0 Å². The minimum absolute atomic E-state index is 0.311. The summed E-state index contributed by atoms with van der Waals surface area (Å²) in [6.07, 6.45) is -7.42. The molecule has 1 atom stereocenters. The van der Waals surface area contributed by atoms with Gasteiger partial charge in [0, 0.05) is 23.8 Å². The van der Waals surface area contributed by atoms with Gasteiger partial charge in [-0.25, -0.2) is 17.2 Å². The first-order valence-electron chi connectivity index (χ1n) is 5.44. The van der Waals surface area contributed by atoms with Crippen LogP contribution in [-0.4, -0.2) is 38.5 Å². The van der Waals surface area contributed by atoms with Crippen LogP contribution in [0.25, 0.3) is 0 Å². The quantitative estimate of drug-likeness (QED) is 0.848. The monoisotopic (exact) mass is 352 g/mol. The largest absolute Gasteiger partial charge is 0.474 e. The average molecular weight is 352 g/mol. The Morgan fingerprint density at radius 3 is 2.48 bits per heavy atom. The van der Waals surface area contributed by atoms with Crippen LogP contribution in [0.1, 0.15) is 17.2 Å². The fraction of sp³-hybridized carbons (Fsp3) is 0.600. The van der Waals surface area contributed by atoms with Gasteiger partial charge < -0.3 is 9.84 Å². The summed E-state index contributed by atoms with van der Waals surface area (Å²) >= 11 is 0.311. The normalized spacial score (nSPS) is 21.4. The van der Waals surface area contributed by atoms with Crippen LogP contribution in [0.15, 0.2) is 4.21 Å². The van der Waals surface area contributed by atoms with Gasteiger partial charge in [-0.05, 0) is 0 Å². The molecule has 0 aliphatic heterocycles. The Morgan fingerprint density at radius 2 is 2.00 bits per heavy atom. The Morgan fingerprint density at radius 1 is 1.43 bits per heavy atom. The Balaban J connectivity index is 2.49. The third-order valence-electron chi connectivity index (χ3n) is 2.77. The van der Waals surface area contributed by atoms with Gasteiger partial charge in [0.05, 0.1) is 0 Å². The van der Waals surface area contributed by atoms with Crippen molar-refractivity contribution in [3.05, 3.63) is 11.1 Å². The molecule has 0 aromatic carbocycles. The molecule has 0 amide bonds. The molecule has 1 aliphatic carbocycles. The molecule has 1 aromatic heterocycles. The molecule has 0 radical (unpaired) electrons. The van der Waals surface area contributed by atoms with Gasteiger partial charge in [0.2, 0.25) is 0 Å². The minimum Gasteiger partial charge on any atom is -0.474 e. The van der Waals surface area contributed by atoms with Crippen molar-refractivity contribution in [2.45, 2.75) is 28.8 Å². The molecule has 21 heavy (non-hydrogen) atoms. The van der Waals surface area contributed by atoms with Gasteiger partial charge >= 0.3 is 6.18 Å². The second kappa shape index (κ2) is 4.78. The summed E-state index contributed by atoms with van der Waals surface area (Å²) in [4.78, 5) is 0. The lowest BCUT2D eigenvalue weighted by Crippen LogP contribution is -2.23. The maximum atomic E-state index is 13.5. The molecule has 1 N–H and O–H groups in total. The first-order chi connectivity index (χ1) is 9.33. The van der Waals surface area contributed by atoms with Crippen LogP contribution >= 0.6 is 11.3 Å². The average Bonchev–Trinajstić information content (AvgIpc) is 2.71. The summed E-state index contributed by atoms with van der Waals surface area (Å²) in [7, 11) is -3.98.